The van der Waals surface area contributed by atoms with Crippen LogP contribution < -0.4 is 5.32 Å². The monoisotopic (exact) mass is 180 g/mol. The van der Waals surface area contributed by atoms with Crippen molar-refractivity contribution < 1.29 is 4.52 Å². The minimum atomic E-state index is 0.586. The second-order valence-corrected chi connectivity index (χ2v) is 3.78. The van der Waals surface area contributed by atoms with E-state index in [-0.39, 0.29) is 0 Å². The molecule has 2 rings (SSSR count). The van der Waals surface area contributed by atoms with E-state index in [0.717, 1.165) is 24.5 Å². The molecule has 1 fully saturated rings. The van der Waals surface area contributed by atoms with Crippen LogP contribution in [-0.4, -0.2) is 18.2 Å². The van der Waals surface area contributed by atoms with Crippen LogP contribution in [0.3, 0.4) is 0 Å². The first kappa shape index (κ1) is 8.75. The van der Waals surface area contributed by atoms with E-state index in [0.29, 0.717) is 5.92 Å². The zero-order valence-electron chi connectivity index (χ0n) is 8.26. The molecule has 1 saturated heterocycles. The second-order valence-electron chi connectivity index (χ2n) is 3.78. The van der Waals surface area contributed by atoms with Crippen molar-refractivity contribution in [2.75, 3.05) is 13.1 Å². The zero-order valence-corrected chi connectivity index (χ0v) is 8.26. The number of aromatic nitrogens is 1. The number of rotatable bonds is 1. The molecule has 1 aromatic rings. The van der Waals surface area contributed by atoms with Gasteiger partial charge in [0, 0.05) is 11.5 Å². The number of hydrogen-bond donors (Lipinski definition) is 1. The summed E-state index contributed by atoms with van der Waals surface area (Å²) in [6, 6.07) is 0. The van der Waals surface area contributed by atoms with Gasteiger partial charge < -0.3 is 9.84 Å². The van der Waals surface area contributed by atoms with Gasteiger partial charge in [-0.2, -0.15) is 0 Å². The summed E-state index contributed by atoms with van der Waals surface area (Å²) >= 11 is 0. The number of nitrogens with one attached hydrogen (secondary N) is 1. The molecule has 0 atom stereocenters. The van der Waals surface area contributed by atoms with Crippen molar-refractivity contribution in [3.63, 3.8) is 0 Å². The molecule has 72 valence electrons. The molecule has 2 heterocycles. The van der Waals surface area contributed by atoms with Crippen LogP contribution in [0.25, 0.3) is 0 Å². The van der Waals surface area contributed by atoms with Crippen molar-refractivity contribution in [3.8, 4) is 0 Å². The van der Waals surface area contributed by atoms with E-state index < -0.39 is 0 Å². The second kappa shape index (κ2) is 3.50. The standard InChI is InChI=1S/C10H16N2O/c1-7-8(2)12-13-10(7)9-3-5-11-6-4-9/h9,11H,3-6H2,1-2H3. The minimum absolute atomic E-state index is 0.586. The maximum absolute atomic E-state index is 5.36. The van der Waals surface area contributed by atoms with Crippen LogP contribution >= 0.6 is 0 Å². The number of nitrogens with zero attached hydrogens (tertiary/aromatic N) is 1. The maximum atomic E-state index is 5.36. The molecule has 0 saturated carbocycles. The predicted molar refractivity (Wildman–Crippen MR) is 50.8 cm³/mol. The highest BCUT2D eigenvalue weighted by molar-refractivity contribution is 5.23. The lowest BCUT2D eigenvalue weighted by molar-refractivity contribution is 0.324. The van der Waals surface area contributed by atoms with E-state index >= 15 is 0 Å². The third kappa shape index (κ3) is 1.61. The molecule has 1 N–H and O–H groups in total. The summed E-state index contributed by atoms with van der Waals surface area (Å²) in [5, 5.41) is 7.34. The molecule has 0 aliphatic carbocycles. The molecule has 0 radical (unpaired) electrons. The Kier molecular flexibility index (Phi) is 2.36. The summed E-state index contributed by atoms with van der Waals surface area (Å²) in [4.78, 5) is 0. The lowest BCUT2D eigenvalue weighted by Gasteiger charge is -2.20. The van der Waals surface area contributed by atoms with Crippen LogP contribution in [-0.2, 0) is 0 Å². The third-order valence-electron chi connectivity index (χ3n) is 2.90. The Morgan fingerprint density at radius 1 is 1.31 bits per heavy atom. The molecule has 0 spiro atoms. The van der Waals surface area contributed by atoms with E-state index in [1.165, 1.54) is 18.4 Å². The van der Waals surface area contributed by atoms with Crippen molar-refractivity contribution >= 4 is 0 Å². The van der Waals surface area contributed by atoms with E-state index in [4.69, 9.17) is 4.52 Å². The van der Waals surface area contributed by atoms with Gasteiger partial charge in [0.25, 0.3) is 0 Å². The van der Waals surface area contributed by atoms with Gasteiger partial charge in [-0.15, -0.1) is 0 Å². The largest absolute Gasteiger partial charge is 0.361 e. The van der Waals surface area contributed by atoms with Crippen LogP contribution in [0.1, 0.15) is 35.8 Å². The number of piperidine rings is 1. The van der Waals surface area contributed by atoms with Crippen molar-refractivity contribution in [1.29, 1.82) is 0 Å². The van der Waals surface area contributed by atoms with Gasteiger partial charge in [-0.25, -0.2) is 0 Å². The summed E-state index contributed by atoms with van der Waals surface area (Å²) in [6.45, 7) is 6.31. The van der Waals surface area contributed by atoms with Gasteiger partial charge in [0.2, 0.25) is 0 Å². The smallest absolute Gasteiger partial charge is 0.143 e. The third-order valence-corrected chi connectivity index (χ3v) is 2.90. The molecule has 1 aliphatic rings. The van der Waals surface area contributed by atoms with Gasteiger partial charge in [0.05, 0.1) is 5.69 Å². The topological polar surface area (TPSA) is 38.1 Å². The van der Waals surface area contributed by atoms with E-state index in [9.17, 15) is 0 Å². The molecule has 3 heteroatoms. The minimum Gasteiger partial charge on any atom is -0.361 e. The van der Waals surface area contributed by atoms with E-state index in [1.807, 2.05) is 6.92 Å². The average molecular weight is 180 g/mol. The molecule has 1 aliphatic heterocycles. The molecule has 13 heavy (non-hydrogen) atoms. The van der Waals surface area contributed by atoms with Crippen molar-refractivity contribution in [1.82, 2.24) is 10.5 Å². The van der Waals surface area contributed by atoms with Gasteiger partial charge in [-0.05, 0) is 39.8 Å². The normalized spacial score (nSPS) is 19.2. The lowest BCUT2D eigenvalue weighted by Crippen LogP contribution is -2.26. The molecule has 0 bridgehead atoms. The first-order valence-corrected chi connectivity index (χ1v) is 4.92. The Hall–Kier alpha value is -0.830. The summed E-state index contributed by atoms with van der Waals surface area (Å²) in [6.07, 6.45) is 2.35. The summed E-state index contributed by atoms with van der Waals surface area (Å²) in [5.74, 6) is 1.70. The zero-order chi connectivity index (χ0) is 9.26. The molecule has 0 aromatic carbocycles. The number of hydrogen-bond acceptors (Lipinski definition) is 3. The van der Waals surface area contributed by atoms with Crippen LogP contribution in [0.5, 0.6) is 0 Å². The fourth-order valence-electron chi connectivity index (χ4n) is 1.90. The van der Waals surface area contributed by atoms with Crippen LogP contribution in [0.2, 0.25) is 0 Å². The Labute approximate surface area is 78.5 Å². The summed E-state index contributed by atoms with van der Waals surface area (Å²) in [5.41, 5.74) is 2.28. The Bertz CT molecular complexity index is 287. The Morgan fingerprint density at radius 3 is 2.54 bits per heavy atom. The fourth-order valence-corrected chi connectivity index (χ4v) is 1.90. The van der Waals surface area contributed by atoms with Gasteiger partial charge >= 0.3 is 0 Å². The van der Waals surface area contributed by atoms with Gasteiger partial charge in [-0.3, -0.25) is 0 Å². The number of aryl methyl sites for hydroxylation is 1. The van der Waals surface area contributed by atoms with E-state index in [2.05, 4.69) is 17.4 Å². The SMILES string of the molecule is Cc1noc(C2CCNCC2)c1C. The fraction of sp³-hybridized carbons (Fsp3) is 0.700. The molecule has 0 amide bonds. The van der Waals surface area contributed by atoms with Crippen molar-refractivity contribution in [3.05, 3.63) is 17.0 Å². The molecule has 3 nitrogen and oxygen atoms in total. The lowest BCUT2D eigenvalue weighted by atomic mass is 9.93. The van der Waals surface area contributed by atoms with E-state index in [1.54, 1.807) is 0 Å². The first-order chi connectivity index (χ1) is 6.29. The van der Waals surface area contributed by atoms with Gasteiger partial charge in [-0.1, -0.05) is 5.16 Å². The summed E-state index contributed by atoms with van der Waals surface area (Å²) in [7, 11) is 0. The van der Waals surface area contributed by atoms with Crippen molar-refractivity contribution in [2.45, 2.75) is 32.6 Å². The average Bonchev–Trinajstić information content (AvgIpc) is 2.49. The molecular weight excluding hydrogens is 164 g/mol. The summed E-state index contributed by atoms with van der Waals surface area (Å²) < 4.78 is 5.36. The Balaban J connectivity index is 2.18. The highest BCUT2D eigenvalue weighted by Gasteiger charge is 2.21. The van der Waals surface area contributed by atoms with Gasteiger partial charge in [0.1, 0.15) is 5.76 Å². The first-order valence-electron chi connectivity index (χ1n) is 4.92. The Morgan fingerprint density at radius 2 is 2.00 bits per heavy atom. The van der Waals surface area contributed by atoms with Crippen molar-refractivity contribution in [2.24, 2.45) is 0 Å². The van der Waals surface area contributed by atoms with Crippen LogP contribution in [0.4, 0.5) is 0 Å². The quantitative estimate of drug-likeness (QED) is 0.715. The predicted octanol–water partition coefficient (Wildman–Crippen LogP) is 1.76. The highest BCUT2D eigenvalue weighted by atomic mass is 16.5. The molecule has 1 aromatic heterocycles. The maximum Gasteiger partial charge on any atom is 0.143 e. The molecular formula is C10H16N2O. The highest BCUT2D eigenvalue weighted by Crippen LogP contribution is 2.28. The van der Waals surface area contributed by atoms with Crippen LogP contribution in [0, 0.1) is 13.8 Å². The van der Waals surface area contributed by atoms with Gasteiger partial charge in [0.15, 0.2) is 0 Å². The van der Waals surface area contributed by atoms with Crippen LogP contribution in [0.15, 0.2) is 4.52 Å². The molecule has 0 unspecified atom stereocenters.